The average molecular weight is 379 g/mol. The number of rotatable bonds is 8. The lowest BCUT2D eigenvalue weighted by Gasteiger charge is -2.16. The largest absolute Gasteiger partial charge is 0.394 e. The maximum atomic E-state index is 12.6. The number of hydrogen-bond donors (Lipinski definition) is 4. The highest BCUT2D eigenvalue weighted by Crippen LogP contribution is 2.21. The summed E-state index contributed by atoms with van der Waals surface area (Å²) in [4.78, 5) is 24.1. The highest BCUT2D eigenvalue weighted by molar-refractivity contribution is 5.94. The topological polar surface area (TPSA) is 103 Å². The Morgan fingerprint density at radius 3 is 2.68 bits per heavy atom. The molecule has 0 saturated carbocycles. The van der Waals surface area contributed by atoms with Crippen molar-refractivity contribution in [3.63, 3.8) is 0 Å². The Morgan fingerprint density at radius 2 is 1.96 bits per heavy atom. The summed E-state index contributed by atoms with van der Waals surface area (Å²) in [5, 5.41) is 15.7. The van der Waals surface area contributed by atoms with Crippen molar-refractivity contribution in [2.24, 2.45) is 5.92 Å². The number of aromatic nitrogens is 3. The van der Waals surface area contributed by atoms with Gasteiger partial charge in [0.25, 0.3) is 5.91 Å². The molecule has 0 aliphatic carbocycles. The third kappa shape index (κ3) is 4.95. The maximum absolute atomic E-state index is 12.6. The fourth-order valence-corrected chi connectivity index (χ4v) is 2.75. The molecule has 3 aromatic rings. The Hall–Kier alpha value is -3.19. The van der Waals surface area contributed by atoms with E-state index in [4.69, 9.17) is 0 Å². The number of nitrogens with one attached hydrogen (secondary N) is 3. The summed E-state index contributed by atoms with van der Waals surface area (Å²) in [7, 11) is 0. The van der Waals surface area contributed by atoms with Gasteiger partial charge in [-0.05, 0) is 17.5 Å². The second kappa shape index (κ2) is 9.14. The Labute approximate surface area is 164 Å². The summed E-state index contributed by atoms with van der Waals surface area (Å²) in [6.45, 7) is 4.89. The number of carbonyl (C=O) groups is 1. The minimum atomic E-state index is -0.466. The zero-order chi connectivity index (χ0) is 19.9. The summed E-state index contributed by atoms with van der Waals surface area (Å²) >= 11 is 0. The summed E-state index contributed by atoms with van der Waals surface area (Å²) in [6, 6.07) is 12.5. The summed E-state index contributed by atoms with van der Waals surface area (Å²) in [5.41, 5.74) is 2.76. The van der Waals surface area contributed by atoms with Gasteiger partial charge in [-0.3, -0.25) is 4.79 Å². The molecular formula is C21H25N5O2. The molecular weight excluding hydrogens is 354 g/mol. The van der Waals surface area contributed by atoms with E-state index in [-0.39, 0.29) is 12.5 Å². The van der Waals surface area contributed by atoms with Crippen LogP contribution in [0.2, 0.25) is 0 Å². The number of benzene rings is 1. The van der Waals surface area contributed by atoms with Gasteiger partial charge in [-0.1, -0.05) is 44.2 Å². The molecule has 0 bridgehead atoms. The van der Waals surface area contributed by atoms with Crippen LogP contribution in [0, 0.1) is 5.92 Å². The molecule has 0 saturated heterocycles. The van der Waals surface area contributed by atoms with Crippen molar-refractivity contribution >= 4 is 11.7 Å². The molecule has 1 amide bonds. The molecule has 7 heteroatoms. The van der Waals surface area contributed by atoms with E-state index in [0.29, 0.717) is 11.6 Å². The van der Waals surface area contributed by atoms with Crippen molar-refractivity contribution in [2.45, 2.75) is 19.9 Å². The molecule has 2 heterocycles. The zero-order valence-corrected chi connectivity index (χ0v) is 16.0. The van der Waals surface area contributed by atoms with Crippen LogP contribution < -0.4 is 10.6 Å². The Kier molecular flexibility index (Phi) is 6.39. The van der Waals surface area contributed by atoms with E-state index in [1.807, 2.05) is 36.4 Å². The minimum absolute atomic E-state index is 0.180. The summed E-state index contributed by atoms with van der Waals surface area (Å²) in [5.74, 6) is 0.960. The number of amides is 1. The van der Waals surface area contributed by atoms with Gasteiger partial charge in [0, 0.05) is 24.4 Å². The van der Waals surface area contributed by atoms with Crippen LogP contribution in [0.5, 0.6) is 0 Å². The molecule has 2 aromatic heterocycles. The minimum Gasteiger partial charge on any atom is -0.394 e. The molecule has 28 heavy (non-hydrogen) atoms. The predicted octanol–water partition coefficient (Wildman–Crippen LogP) is 3.00. The first-order chi connectivity index (χ1) is 13.6. The van der Waals surface area contributed by atoms with Crippen LogP contribution in [0.1, 0.15) is 35.9 Å². The zero-order valence-electron chi connectivity index (χ0n) is 16.0. The van der Waals surface area contributed by atoms with Crippen LogP contribution >= 0.6 is 0 Å². The molecule has 0 fully saturated rings. The second-order valence-electron chi connectivity index (χ2n) is 6.98. The van der Waals surface area contributed by atoms with Gasteiger partial charge in [-0.25, -0.2) is 9.97 Å². The standard InChI is InChI=1S/C21H25N5O2/c1-14(2)10-23-20-9-17(24-13-25-20)16-8-18(22-11-16)21(28)26-19(12-27)15-6-4-3-5-7-15/h3-9,11,13-14,19,22,27H,10,12H2,1-2H3,(H,26,28)(H,23,24,25). The molecule has 0 spiro atoms. The maximum Gasteiger partial charge on any atom is 0.268 e. The molecule has 7 nitrogen and oxygen atoms in total. The lowest BCUT2D eigenvalue weighted by molar-refractivity contribution is 0.0912. The van der Waals surface area contributed by atoms with Crippen LogP contribution in [0.3, 0.4) is 0 Å². The number of aliphatic hydroxyl groups is 1. The van der Waals surface area contributed by atoms with E-state index in [0.717, 1.165) is 29.2 Å². The Balaban J connectivity index is 1.71. The second-order valence-corrected chi connectivity index (χ2v) is 6.98. The van der Waals surface area contributed by atoms with Crippen LogP contribution in [-0.4, -0.2) is 39.1 Å². The number of aliphatic hydroxyl groups excluding tert-OH is 1. The van der Waals surface area contributed by atoms with Gasteiger partial charge in [0.1, 0.15) is 17.8 Å². The van der Waals surface area contributed by atoms with E-state index >= 15 is 0 Å². The molecule has 0 aliphatic heterocycles. The van der Waals surface area contributed by atoms with Gasteiger partial charge in [0.15, 0.2) is 0 Å². The molecule has 1 atom stereocenters. The van der Waals surface area contributed by atoms with Crippen molar-refractivity contribution in [1.29, 1.82) is 0 Å². The van der Waals surface area contributed by atoms with Crippen molar-refractivity contribution in [1.82, 2.24) is 20.3 Å². The fraction of sp³-hybridized carbons (Fsp3) is 0.286. The van der Waals surface area contributed by atoms with Gasteiger partial charge >= 0.3 is 0 Å². The number of anilines is 1. The van der Waals surface area contributed by atoms with Gasteiger partial charge in [-0.15, -0.1) is 0 Å². The smallest absolute Gasteiger partial charge is 0.268 e. The fourth-order valence-electron chi connectivity index (χ4n) is 2.75. The van der Waals surface area contributed by atoms with E-state index in [1.165, 1.54) is 6.33 Å². The third-order valence-corrected chi connectivity index (χ3v) is 4.27. The van der Waals surface area contributed by atoms with E-state index in [1.54, 1.807) is 12.3 Å². The van der Waals surface area contributed by atoms with Crippen LogP contribution in [0.15, 0.2) is 55.0 Å². The summed E-state index contributed by atoms with van der Waals surface area (Å²) < 4.78 is 0. The molecule has 0 radical (unpaired) electrons. The van der Waals surface area contributed by atoms with Crippen LogP contribution in [0.25, 0.3) is 11.3 Å². The molecule has 1 aromatic carbocycles. The SMILES string of the molecule is CC(C)CNc1cc(-c2c[nH]c(C(=O)NC(CO)c3ccccc3)c2)ncn1. The van der Waals surface area contributed by atoms with Crippen molar-refractivity contribution in [2.75, 3.05) is 18.5 Å². The van der Waals surface area contributed by atoms with Crippen molar-refractivity contribution in [3.8, 4) is 11.3 Å². The number of nitrogens with zero attached hydrogens (tertiary/aromatic N) is 2. The van der Waals surface area contributed by atoms with Crippen LogP contribution in [-0.2, 0) is 0 Å². The van der Waals surface area contributed by atoms with E-state index in [2.05, 4.69) is 39.4 Å². The average Bonchev–Trinajstić information content (AvgIpc) is 3.22. The number of H-pyrrole nitrogens is 1. The Morgan fingerprint density at radius 1 is 1.18 bits per heavy atom. The van der Waals surface area contributed by atoms with Gasteiger partial charge < -0.3 is 20.7 Å². The quantitative estimate of drug-likeness (QED) is 0.482. The van der Waals surface area contributed by atoms with Gasteiger partial charge in [-0.2, -0.15) is 0 Å². The highest BCUT2D eigenvalue weighted by atomic mass is 16.3. The molecule has 1 unspecified atom stereocenters. The lowest BCUT2D eigenvalue weighted by Crippen LogP contribution is -2.30. The highest BCUT2D eigenvalue weighted by Gasteiger charge is 2.16. The van der Waals surface area contributed by atoms with E-state index < -0.39 is 6.04 Å². The lowest BCUT2D eigenvalue weighted by atomic mass is 10.1. The van der Waals surface area contributed by atoms with E-state index in [9.17, 15) is 9.90 Å². The van der Waals surface area contributed by atoms with Crippen molar-refractivity contribution < 1.29 is 9.90 Å². The molecule has 0 aliphatic rings. The third-order valence-electron chi connectivity index (χ3n) is 4.27. The van der Waals surface area contributed by atoms with Crippen LogP contribution in [0.4, 0.5) is 5.82 Å². The first-order valence-electron chi connectivity index (χ1n) is 9.28. The Bertz CT molecular complexity index is 908. The molecule has 4 N–H and O–H groups in total. The number of aromatic amines is 1. The summed E-state index contributed by atoms with van der Waals surface area (Å²) in [6.07, 6.45) is 3.24. The normalized spacial score (nSPS) is 12.0. The molecule has 146 valence electrons. The first-order valence-corrected chi connectivity index (χ1v) is 9.28. The van der Waals surface area contributed by atoms with Gasteiger partial charge in [0.2, 0.25) is 0 Å². The monoisotopic (exact) mass is 379 g/mol. The van der Waals surface area contributed by atoms with Gasteiger partial charge in [0.05, 0.1) is 18.3 Å². The van der Waals surface area contributed by atoms with Crippen molar-refractivity contribution in [3.05, 3.63) is 66.2 Å². The predicted molar refractivity (Wildman–Crippen MR) is 109 cm³/mol. The number of carbonyl (C=O) groups excluding carboxylic acids is 1. The molecule has 3 rings (SSSR count). The number of hydrogen-bond acceptors (Lipinski definition) is 5. The first kappa shape index (κ1) is 19.6.